The molecular formula is C20H26O3. The number of benzene rings is 2. The Kier molecular flexibility index (Phi) is 4.43. The van der Waals surface area contributed by atoms with Crippen molar-refractivity contribution >= 4 is 16.6 Å². The topological polar surface area (TPSA) is 35.5 Å². The van der Waals surface area contributed by atoms with E-state index in [4.69, 9.17) is 9.47 Å². The van der Waals surface area contributed by atoms with E-state index >= 15 is 0 Å². The van der Waals surface area contributed by atoms with Gasteiger partial charge in [0.2, 0.25) is 0 Å². The first-order valence-electron chi connectivity index (χ1n) is 7.92. The fourth-order valence-electron chi connectivity index (χ4n) is 2.39. The molecule has 0 fully saturated rings. The molecule has 23 heavy (non-hydrogen) atoms. The molecule has 0 bridgehead atoms. The lowest BCUT2D eigenvalue weighted by molar-refractivity contribution is 0.0993. The van der Waals surface area contributed by atoms with Crippen molar-refractivity contribution in [3.8, 4) is 11.5 Å². The summed E-state index contributed by atoms with van der Waals surface area (Å²) in [4.78, 5) is 11.9. The predicted octanol–water partition coefficient (Wildman–Crippen LogP) is 5.40. The van der Waals surface area contributed by atoms with E-state index < -0.39 is 0 Å². The van der Waals surface area contributed by atoms with Crippen LogP contribution in [-0.4, -0.2) is 17.0 Å². The summed E-state index contributed by atoms with van der Waals surface area (Å²) < 4.78 is 12.0. The Hall–Kier alpha value is -2.03. The minimum Gasteiger partial charge on any atom is -0.488 e. The predicted molar refractivity (Wildman–Crippen MR) is 94.7 cm³/mol. The third-order valence-electron chi connectivity index (χ3n) is 3.15. The average molecular weight is 314 g/mol. The highest BCUT2D eigenvalue weighted by Crippen LogP contribution is 2.35. The molecule has 0 atom stereocenters. The van der Waals surface area contributed by atoms with E-state index in [-0.39, 0.29) is 17.0 Å². The number of rotatable bonds is 3. The molecule has 2 aromatic rings. The van der Waals surface area contributed by atoms with Gasteiger partial charge in [0, 0.05) is 5.39 Å². The van der Waals surface area contributed by atoms with Crippen molar-refractivity contribution in [2.24, 2.45) is 0 Å². The largest absolute Gasteiger partial charge is 0.488 e. The average Bonchev–Trinajstić information content (AvgIpc) is 2.34. The van der Waals surface area contributed by atoms with Crippen molar-refractivity contribution in [1.29, 1.82) is 0 Å². The number of carbonyl (C=O) groups excluding carboxylic acids is 1. The number of ketones is 1. The molecule has 0 saturated heterocycles. The van der Waals surface area contributed by atoms with Crippen LogP contribution in [0.4, 0.5) is 0 Å². The Morgan fingerprint density at radius 1 is 0.870 bits per heavy atom. The summed E-state index contributed by atoms with van der Waals surface area (Å²) in [5.74, 6) is 1.45. The molecule has 0 saturated carbocycles. The molecule has 2 aromatic carbocycles. The molecule has 3 nitrogen and oxygen atoms in total. The summed E-state index contributed by atoms with van der Waals surface area (Å²) in [7, 11) is 0. The molecule has 3 heteroatoms. The van der Waals surface area contributed by atoms with Crippen molar-refractivity contribution in [2.45, 2.75) is 59.7 Å². The summed E-state index contributed by atoms with van der Waals surface area (Å²) >= 11 is 0. The van der Waals surface area contributed by atoms with Crippen molar-refractivity contribution in [1.82, 2.24) is 0 Å². The highest BCUT2D eigenvalue weighted by Gasteiger charge is 2.20. The minimum atomic E-state index is -0.376. The van der Waals surface area contributed by atoms with Crippen molar-refractivity contribution in [2.75, 3.05) is 0 Å². The number of Topliss-reactive ketones (excluding diaryl/α,β-unsaturated/α-hetero) is 1. The molecule has 0 heterocycles. The normalized spacial score (nSPS) is 12.3. The Morgan fingerprint density at radius 3 is 2.00 bits per heavy atom. The van der Waals surface area contributed by atoms with Gasteiger partial charge in [-0.15, -0.1) is 0 Å². The molecule has 0 aliphatic carbocycles. The molecule has 0 amide bonds. The number of carbonyl (C=O) groups is 1. The van der Waals surface area contributed by atoms with Crippen LogP contribution in [0.1, 0.15) is 58.8 Å². The van der Waals surface area contributed by atoms with Gasteiger partial charge in [0.05, 0.1) is 5.56 Å². The third-order valence-corrected chi connectivity index (χ3v) is 3.15. The maximum atomic E-state index is 11.9. The second-order valence-electron chi connectivity index (χ2n) is 7.81. The van der Waals surface area contributed by atoms with Crippen LogP contribution in [0.3, 0.4) is 0 Å². The van der Waals surface area contributed by atoms with Gasteiger partial charge in [-0.25, -0.2) is 0 Å². The molecule has 0 N–H and O–H groups in total. The second kappa shape index (κ2) is 5.88. The lowest BCUT2D eigenvalue weighted by atomic mass is 10.0. The molecule has 0 unspecified atom stereocenters. The molecule has 0 aliphatic heterocycles. The molecular weight excluding hydrogens is 288 g/mol. The molecule has 0 radical (unpaired) electrons. The monoisotopic (exact) mass is 314 g/mol. The molecule has 0 aromatic heterocycles. The zero-order valence-corrected chi connectivity index (χ0v) is 15.1. The Bertz CT molecular complexity index is 731. The summed E-state index contributed by atoms with van der Waals surface area (Å²) in [5, 5.41) is 1.92. The van der Waals surface area contributed by atoms with Crippen LogP contribution in [0.2, 0.25) is 0 Å². The first-order valence-corrected chi connectivity index (χ1v) is 7.92. The van der Waals surface area contributed by atoms with Crippen LogP contribution in [0, 0.1) is 0 Å². The van der Waals surface area contributed by atoms with Crippen LogP contribution in [-0.2, 0) is 0 Å². The van der Waals surface area contributed by atoms with Gasteiger partial charge in [0.25, 0.3) is 0 Å². The van der Waals surface area contributed by atoms with E-state index in [1.54, 1.807) is 6.92 Å². The highest BCUT2D eigenvalue weighted by molar-refractivity contribution is 6.04. The first kappa shape index (κ1) is 17.3. The van der Waals surface area contributed by atoms with Gasteiger partial charge >= 0.3 is 0 Å². The minimum absolute atomic E-state index is 0.00108. The van der Waals surface area contributed by atoms with Gasteiger partial charge in [-0.3, -0.25) is 4.79 Å². The summed E-state index contributed by atoms with van der Waals surface area (Å²) in [5.41, 5.74) is -0.0199. The first-order chi connectivity index (χ1) is 10.5. The Balaban J connectivity index is 2.59. The fraction of sp³-hybridized carbons (Fsp3) is 0.450. The van der Waals surface area contributed by atoms with Crippen LogP contribution in [0.25, 0.3) is 10.8 Å². The molecule has 124 valence electrons. The SMILES string of the molecule is CC(=O)c1ccc2cc(OC(C)(C)C)ccc2c1OC(C)(C)C. The quantitative estimate of drug-likeness (QED) is 0.712. The third kappa shape index (κ3) is 4.47. The lowest BCUT2D eigenvalue weighted by Gasteiger charge is -2.25. The maximum absolute atomic E-state index is 11.9. The number of ether oxygens (including phenoxy) is 2. The maximum Gasteiger partial charge on any atom is 0.163 e. The van der Waals surface area contributed by atoms with Gasteiger partial charge in [0.1, 0.15) is 22.7 Å². The van der Waals surface area contributed by atoms with E-state index in [0.717, 1.165) is 16.5 Å². The number of hydrogen-bond acceptors (Lipinski definition) is 3. The molecule has 0 spiro atoms. The highest BCUT2D eigenvalue weighted by atomic mass is 16.5. The smallest absolute Gasteiger partial charge is 0.163 e. The van der Waals surface area contributed by atoms with E-state index in [1.807, 2.05) is 71.9 Å². The van der Waals surface area contributed by atoms with Crippen molar-refractivity contribution in [3.63, 3.8) is 0 Å². The van der Waals surface area contributed by atoms with Gasteiger partial charge < -0.3 is 9.47 Å². The summed E-state index contributed by atoms with van der Waals surface area (Å²) in [6.07, 6.45) is 0. The fourth-order valence-corrected chi connectivity index (χ4v) is 2.39. The van der Waals surface area contributed by atoms with Gasteiger partial charge in [-0.05, 0) is 78.1 Å². The molecule has 0 aliphatic rings. The standard InChI is InChI=1S/C20H26O3/c1-13(21)16-10-8-14-12-15(22-19(2,3)4)9-11-17(14)18(16)23-20(5,6)7/h8-12H,1-7H3. The van der Waals surface area contributed by atoms with Gasteiger partial charge in [0.15, 0.2) is 5.78 Å². The Labute approximate surface area is 138 Å². The zero-order valence-electron chi connectivity index (χ0n) is 15.1. The summed E-state index contributed by atoms with van der Waals surface area (Å²) in [6, 6.07) is 9.64. The van der Waals surface area contributed by atoms with Crippen molar-refractivity contribution < 1.29 is 14.3 Å². The van der Waals surface area contributed by atoms with E-state index in [0.29, 0.717) is 11.3 Å². The Morgan fingerprint density at radius 2 is 1.48 bits per heavy atom. The van der Waals surface area contributed by atoms with Crippen LogP contribution < -0.4 is 9.47 Å². The lowest BCUT2D eigenvalue weighted by Crippen LogP contribution is -2.24. The molecule has 2 rings (SSSR count). The van der Waals surface area contributed by atoms with Crippen molar-refractivity contribution in [3.05, 3.63) is 35.9 Å². The van der Waals surface area contributed by atoms with E-state index in [2.05, 4.69) is 0 Å². The zero-order chi connectivity index (χ0) is 17.4. The second-order valence-corrected chi connectivity index (χ2v) is 7.81. The summed E-state index contributed by atoms with van der Waals surface area (Å²) in [6.45, 7) is 13.6. The number of fused-ring (bicyclic) bond motifs is 1. The number of hydrogen-bond donors (Lipinski definition) is 0. The van der Waals surface area contributed by atoms with Crippen LogP contribution in [0.5, 0.6) is 11.5 Å². The van der Waals surface area contributed by atoms with Crippen LogP contribution in [0.15, 0.2) is 30.3 Å². The van der Waals surface area contributed by atoms with Gasteiger partial charge in [-0.2, -0.15) is 0 Å². The van der Waals surface area contributed by atoms with E-state index in [9.17, 15) is 4.79 Å². The van der Waals surface area contributed by atoms with Crippen LogP contribution >= 0.6 is 0 Å². The van der Waals surface area contributed by atoms with E-state index in [1.165, 1.54) is 0 Å². The van der Waals surface area contributed by atoms with Gasteiger partial charge in [-0.1, -0.05) is 6.07 Å².